The van der Waals surface area contributed by atoms with Crippen LogP contribution in [0.4, 0.5) is 16.6 Å². The number of nitriles is 1. The van der Waals surface area contributed by atoms with Crippen LogP contribution in [0.15, 0.2) is 58.5 Å². The molecule has 0 unspecified atom stereocenters. The zero-order valence-electron chi connectivity index (χ0n) is 16.3. The third kappa shape index (κ3) is 3.26. The molecule has 0 aliphatic heterocycles. The number of nitrogens with one attached hydrogen (secondary N) is 1. The summed E-state index contributed by atoms with van der Waals surface area (Å²) in [5.74, 6) is 0.0542. The largest absolute Gasteiger partial charge is 0.464 e. The van der Waals surface area contributed by atoms with Crippen molar-refractivity contribution in [3.05, 3.63) is 64.5 Å². The number of pyridine rings is 1. The molecule has 0 fully saturated rings. The number of furan rings is 1. The van der Waals surface area contributed by atoms with Gasteiger partial charge < -0.3 is 15.9 Å². The van der Waals surface area contributed by atoms with Crippen LogP contribution in [0.1, 0.15) is 15.2 Å². The Bertz CT molecular complexity index is 1500. The molecule has 156 valence electrons. The number of rotatable bonds is 4. The van der Waals surface area contributed by atoms with Crippen LogP contribution in [-0.2, 0) is 0 Å². The van der Waals surface area contributed by atoms with Crippen molar-refractivity contribution in [1.82, 2.24) is 9.97 Å². The number of aromatic nitrogens is 2. The quantitative estimate of drug-likeness (QED) is 0.345. The molecule has 5 aromatic rings. The molecule has 0 spiro atoms. The number of nitrogens with zero attached hydrogens (tertiary/aromatic N) is 3. The highest BCUT2D eigenvalue weighted by molar-refractivity contribution is 7.21. The Labute approximate surface area is 189 Å². The molecule has 32 heavy (non-hydrogen) atoms. The van der Waals surface area contributed by atoms with Gasteiger partial charge in [-0.25, -0.2) is 9.97 Å². The van der Waals surface area contributed by atoms with Crippen molar-refractivity contribution >= 4 is 55.4 Å². The third-order valence-electron chi connectivity index (χ3n) is 4.78. The number of carbonyl (C=O) groups is 1. The lowest BCUT2D eigenvalue weighted by atomic mass is 10.0. The summed E-state index contributed by atoms with van der Waals surface area (Å²) >= 11 is 2.41. The summed E-state index contributed by atoms with van der Waals surface area (Å²) in [7, 11) is 0. The van der Waals surface area contributed by atoms with Gasteiger partial charge in [0.1, 0.15) is 32.9 Å². The zero-order chi connectivity index (χ0) is 22.2. The summed E-state index contributed by atoms with van der Waals surface area (Å²) in [6, 6.07) is 15.1. The molecule has 1 aromatic carbocycles. The van der Waals surface area contributed by atoms with Crippen molar-refractivity contribution in [2.75, 3.05) is 16.8 Å². The second-order valence-corrected chi connectivity index (χ2v) is 8.58. The minimum Gasteiger partial charge on any atom is -0.464 e. The molecular formula is C22H14N6O2S2. The van der Waals surface area contributed by atoms with Gasteiger partial charge in [-0.15, -0.1) is 22.7 Å². The third-order valence-corrected chi connectivity index (χ3v) is 6.64. The Morgan fingerprint density at radius 3 is 2.66 bits per heavy atom. The summed E-state index contributed by atoms with van der Waals surface area (Å²) < 4.78 is 5.50. The predicted molar refractivity (Wildman–Crippen MR) is 126 cm³/mol. The summed E-state index contributed by atoms with van der Waals surface area (Å²) in [5.41, 5.74) is 14.9. The van der Waals surface area contributed by atoms with Gasteiger partial charge in [0, 0.05) is 16.3 Å². The van der Waals surface area contributed by atoms with Crippen LogP contribution in [0, 0.1) is 11.3 Å². The van der Waals surface area contributed by atoms with E-state index in [-0.39, 0.29) is 21.9 Å². The predicted octanol–water partition coefficient (Wildman–Crippen LogP) is 4.97. The highest BCUT2D eigenvalue weighted by Gasteiger charge is 2.25. The molecule has 0 saturated heterocycles. The monoisotopic (exact) mass is 458 g/mol. The second kappa shape index (κ2) is 7.81. The van der Waals surface area contributed by atoms with E-state index < -0.39 is 5.91 Å². The topological polar surface area (TPSA) is 144 Å². The number of nitrogens with two attached hydrogens (primary N) is 2. The molecule has 0 atom stereocenters. The average molecular weight is 459 g/mol. The van der Waals surface area contributed by atoms with E-state index in [9.17, 15) is 10.1 Å². The van der Waals surface area contributed by atoms with Gasteiger partial charge in [0.05, 0.1) is 23.2 Å². The van der Waals surface area contributed by atoms with Crippen molar-refractivity contribution in [3.8, 4) is 28.7 Å². The minimum atomic E-state index is -0.415. The zero-order valence-corrected chi connectivity index (χ0v) is 18.0. The van der Waals surface area contributed by atoms with Gasteiger partial charge in [-0.3, -0.25) is 10.1 Å². The van der Waals surface area contributed by atoms with E-state index in [4.69, 9.17) is 15.9 Å². The number of benzene rings is 1. The number of nitrogen functional groups attached to an aromatic ring is 2. The fraction of sp³-hybridized carbons (Fsp3) is 0. The number of amides is 1. The maximum absolute atomic E-state index is 13.0. The average Bonchev–Trinajstić information content (AvgIpc) is 3.54. The van der Waals surface area contributed by atoms with Gasteiger partial charge in [0.2, 0.25) is 0 Å². The first-order valence-electron chi connectivity index (χ1n) is 9.34. The van der Waals surface area contributed by atoms with Gasteiger partial charge in [0.15, 0.2) is 5.13 Å². The molecule has 0 radical (unpaired) electrons. The molecule has 5 rings (SSSR count). The molecule has 4 heterocycles. The van der Waals surface area contributed by atoms with Crippen LogP contribution >= 0.6 is 22.7 Å². The fourth-order valence-electron chi connectivity index (χ4n) is 3.35. The summed E-state index contributed by atoms with van der Waals surface area (Å²) in [5, 5.41) is 15.2. The molecule has 4 aromatic heterocycles. The summed E-state index contributed by atoms with van der Waals surface area (Å²) in [6.07, 6.45) is 1.49. The lowest BCUT2D eigenvalue weighted by Gasteiger charge is -2.06. The van der Waals surface area contributed by atoms with Crippen molar-refractivity contribution in [2.45, 2.75) is 0 Å². The first-order valence-corrected chi connectivity index (χ1v) is 11.0. The highest BCUT2D eigenvalue weighted by atomic mass is 32.1. The van der Waals surface area contributed by atoms with E-state index in [1.54, 1.807) is 12.1 Å². The number of anilines is 3. The smallest absolute Gasteiger partial charge is 0.269 e. The van der Waals surface area contributed by atoms with Gasteiger partial charge in [-0.05, 0) is 12.1 Å². The fourth-order valence-corrected chi connectivity index (χ4v) is 5.07. The molecule has 0 bridgehead atoms. The van der Waals surface area contributed by atoms with Gasteiger partial charge >= 0.3 is 0 Å². The number of thiazole rings is 1. The van der Waals surface area contributed by atoms with E-state index >= 15 is 0 Å². The molecular weight excluding hydrogens is 444 g/mol. The van der Waals surface area contributed by atoms with E-state index in [1.807, 2.05) is 35.7 Å². The number of thiophene rings is 1. The molecule has 10 heteroatoms. The lowest BCUT2D eigenvalue weighted by Crippen LogP contribution is -2.11. The van der Waals surface area contributed by atoms with Crippen molar-refractivity contribution < 1.29 is 9.21 Å². The molecule has 8 nitrogen and oxygen atoms in total. The molecule has 0 saturated carbocycles. The van der Waals surface area contributed by atoms with Gasteiger partial charge in [-0.1, -0.05) is 30.3 Å². The van der Waals surface area contributed by atoms with E-state index in [0.717, 1.165) is 22.6 Å². The van der Waals surface area contributed by atoms with Crippen LogP contribution in [0.5, 0.6) is 0 Å². The molecule has 0 aliphatic rings. The Balaban J connectivity index is 1.55. The Morgan fingerprint density at radius 1 is 1.12 bits per heavy atom. The minimum absolute atomic E-state index is 0.0482. The number of fused-ring (bicyclic) bond motifs is 1. The summed E-state index contributed by atoms with van der Waals surface area (Å²) in [6.45, 7) is 0. The van der Waals surface area contributed by atoms with E-state index in [2.05, 4.69) is 21.4 Å². The number of hydrogen-bond acceptors (Lipinski definition) is 9. The maximum atomic E-state index is 13.0. The second-order valence-electron chi connectivity index (χ2n) is 6.72. The van der Waals surface area contributed by atoms with Crippen LogP contribution in [-0.4, -0.2) is 15.9 Å². The Kier molecular flexibility index (Phi) is 4.82. The first kappa shape index (κ1) is 19.7. The van der Waals surface area contributed by atoms with Crippen LogP contribution in [0.3, 0.4) is 0 Å². The first-order chi connectivity index (χ1) is 15.6. The van der Waals surface area contributed by atoms with Gasteiger partial charge in [0.25, 0.3) is 5.91 Å². The molecule has 0 aliphatic carbocycles. The van der Waals surface area contributed by atoms with Crippen molar-refractivity contribution in [3.63, 3.8) is 0 Å². The Hall–Kier alpha value is -4.20. The molecule has 5 N–H and O–H groups in total. The summed E-state index contributed by atoms with van der Waals surface area (Å²) in [4.78, 5) is 22.5. The van der Waals surface area contributed by atoms with E-state index in [0.29, 0.717) is 26.7 Å². The number of hydrogen-bond donors (Lipinski definition) is 3. The SMILES string of the molecule is N#Cc1c(N)nc2sc(C(=O)Nc3nc(-c4ccccc4)cs3)c(N)c2c1-c1ccco1. The normalized spacial score (nSPS) is 10.8. The van der Waals surface area contributed by atoms with Crippen LogP contribution in [0.2, 0.25) is 0 Å². The standard InChI is InChI=1S/C22H14N6O2S2/c23-9-12-15(14-7-4-8-30-14)16-17(24)18(32-21(16)27-19(12)25)20(29)28-22-26-13(10-31-22)11-5-2-1-3-6-11/h1-8,10H,24H2,(H2,25,27)(H,26,28,29). The highest BCUT2D eigenvalue weighted by Crippen LogP contribution is 2.43. The van der Waals surface area contributed by atoms with Crippen LogP contribution < -0.4 is 16.8 Å². The lowest BCUT2D eigenvalue weighted by molar-refractivity contribution is 0.103. The molecule has 1 amide bonds. The van der Waals surface area contributed by atoms with Crippen LogP contribution in [0.25, 0.3) is 32.8 Å². The number of carbonyl (C=O) groups excluding carboxylic acids is 1. The van der Waals surface area contributed by atoms with Crippen molar-refractivity contribution in [2.24, 2.45) is 0 Å². The Morgan fingerprint density at radius 2 is 1.94 bits per heavy atom. The maximum Gasteiger partial charge on any atom is 0.269 e. The van der Waals surface area contributed by atoms with Gasteiger partial charge in [-0.2, -0.15) is 5.26 Å². The van der Waals surface area contributed by atoms with Crippen molar-refractivity contribution in [1.29, 1.82) is 5.26 Å². The van der Waals surface area contributed by atoms with E-state index in [1.165, 1.54) is 17.6 Å².